The predicted molar refractivity (Wildman–Crippen MR) is 78.8 cm³/mol. The second-order valence-corrected chi connectivity index (χ2v) is 5.69. The Morgan fingerprint density at radius 1 is 1.22 bits per heavy atom. The summed E-state index contributed by atoms with van der Waals surface area (Å²) in [7, 11) is 1.12. The molecule has 1 heterocycles. The van der Waals surface area contributed by atoms with Gasteiger partial charge in [-0.2, -0.15) is 13.2 Å². The fourth-order valence-corrected chi connectivity index (χ4v) is 2.78. The summed E-state index contributed by atoms with van der Waals surface area (Å²) in [6.45, 7) is -0.931. The van der Waals surface area contributed by atoms with Gasteiger partial charge >= 0.3 is 6.18 Å². The first-order chi connectivity index (χ1) is 10.8. The number of halogens is 3. The molecule has 1 aromatic rings. The molecule has 0 bridgehead atoms. The molecule has 1 unspecified atom stereocenters. The van der Waals surface area contributed by atoms with Crippen LogP contribution in [0.5, 0.6) is 0 Å². The van der Waals surface area contributed by atoms with Gasteiger partial charge in [0, 0.05) is 19.2 Å². The molecule has 0 radical (unpaired) electrons. The van der Waals surface area contributed by atoms with Crippen LogP contribution < -0.4 is 0 Å². The van der Waals surface area contributed by atoms with Crippen LogP contribution in [0, 0.1) is 0 Å². The number of hydrogen-bond acceptors (Lipinski definition) is 2. The van der Waals surface area contributed by atoms with Crippen LogP contribution >= 0.6 is 0 Å². The molecule has 1 aliphatic rings. The van der Waals surface area contributed by atoms with Gasteiger partial charge in [-0.1, -0.05) is 18.2 Å². The summed E-state index contributed by atoms with van der Waals surface area (Å²) in [5.41, 5.74) is 0.436. The van der Waals surface area contributed by atoms with Crippen molar-refractivity contribution in [2.75, 3.05) is 20.1 Å². The fourth-order valence-electron chi connectivity index (χ4n) is 2.78. The number of hydrogen-bond donors (Lipinski definition) is 0. The summed E-state index contributed by atoms with van der Waals surface area (Å²) >= 11 is 0. The summed E-state index contributed by atoms with van der Waals surface area (Å²) < 4.78 is 37.4. The Hall–Kier alpha value is -2.05. The van der Waals surface area contributed by atoms with Crippen LogP contribution in [-0.4, -0.2) is 54.0 Å². The number of likely N-dealkylation sites (tertiary alicyclic amines) is 1. The van der Waals surface area contributed by atoms with E-state index in [0.717, 1.165) is 19.9 Å². The molecule has 0 aliphatic carbocycles. The minimum atomic E-state index is -4.45. The second kappa shape index (κ2) is 7.02. The number of amides is 2. The standard InChI is InChI=1S/C16H19F3N2O2/c1-20(11-16(17,18)19)15(23)13-9-5-6-10-21(13)14(22)12-7-3-2-4-8-12/h2-4,7-8,13H,5-6,9-11H2,1H3. The average molecular weight is 328 g/mol. The van der Waals surface area contributed by atoms with Crippen molar-refractivity contribution in [3.8, 4) is 0 Å². The molecule has 1 saturated heterocycles. The minimum absolute atomic E-state index is 0.316. The monoisotopic (exact) mass is 328 g/mol. The summed E-state index contributed by atoms with van der Waals surface area (Å²) in [5.74, 6) is -0.977. The van der Waals surface area contributed by atoms with Gasteiger partial charge < -0.3 is 9.80 Å². The molecule has 1 atom stereocenters. The number of rotatable bonds is 3. The Kier molecular flexibility index (Phi) is 5.28. The number of piperidine rings is 1. The molecule has 2 amide bonds. The number of alkyl halides is 3. The van der Waals surface area contributed by atoms with Gasteiger partial charge in [0.05, 0.1) is 0 Å². The first-order valence-corrected chi connectivity index (χ1v) is 7.47. The van der Waals surface area contributed by atoms with Gasteiger partial charge in [0.25, 0.3) is 5.91 Å². The average Bonchev–Trinajstić information content (AvgIpc) is 2.52. The summed E-state index contributed by atoms with van der Waals surface area (Å²) in [6, 6.07) is 7.64. The molecule has 7 heteroatoms. The summed E-state index contributed by atoms with van der Waals surface area (Å²) in [4.78, 5) is 27.0. The summed E-state index contributed by atoms with van der Waals surface area (Å²) in [6.07, 6.45) is -2.60. The van der Waals surface area contributed by atoms with E-state index in [1.54, 1.807) is 30.3 Å². The molecule has 126 valence electrons. The van der Waals surface area contributed by atoms with Gasteiger partial charge in [-0.05, 0) is 31.4 Å². The van der Waals surface area contributed by atoms with Crippen LogP contribution in [0.2, 0.25) is 0 Å². The molecule has 0 spiro atoms. The van der Waals surface area contributed by atoms with Gasteiger partial charge in [-0.15, -0.1) is 0 Å². The lowest BCUT2D eigenvalue weighted by atomic mass is 9.99. The van der Waals surface area contributed by atoms with Crippen LogP contribution in [-0.2, 0) is 4.79 Å². The quantitative estimate of drug-likeness (QED) is 0.856. The molecule has 4 nitrogen and oxygen atoms in total. The second-order valence-electron chi connectivity index (χ2n) is 5.69. The Morgan fingerprint density at radius 3 is 2.48 bits per heavy atom. The van der Waals surface area contributed by atoms with E-state index in [1.165, 1.54) is 4.90 Å². The van der Waals surface area contributed by atoms with E-state index in [2.05, 4.69) is 0 Å². The zero-order valence-corrected chi connectivity index (χ0v) is 12.8. The number of carbonyl (C=O) groups is 2. The molecule has 1 aliphatic heterocycles. The van der Waals surface area contributed by atoms with E-state index >= 15 is 0 Å². The van der Waals surface area contributed by atoms with Crippen molar-refractivity contribution in [3.05, 3.63) is 35.9 Å². The Balaban J connectivity index is 2.15. The lowest BCUT2D eigenvalue weighted by Crippen LogP contribution is -2.53. The maximum atomic E-state index is 12.6. The third-order valence-electron chi connectivity index (χ3n) is 3.86. The van der Waals surface area contributed by atoms with Gasteiger partial charge in [-0.3, -0.25) is 9.59 Å². The van der Waals surface area contributed by atoms with E-state index in [4.69, 9.17) is 0 Å². The summed E-state index contributed by atoms with van der Waals surface area (Å²) in [5, 5.41) is 0. The zero-order valence-electron chi connectivity index (χ0n) is 12.8. The SMILES string of the molecule is CN(CC(F)(F)F)C(=O)C1CCCCN1C(=O)c1ccccc1. The van der Waals surface area contributed by atoms with Gasteiger partial charge in [0.1, 0.15) is 12.6 Å². The maximum absolute atomic E-state index is 12.6. The third kappa shape index (κ3) is 4.46. The highest BCUT2D eigenvalue weighted by atomic mass is 19.4. The third-order valence-corrected chi connectivity index (χ3v) is 3.86. The fraction of sp³-hybridized carbons (Fsp3) is 0.500. The van der Waals surface area contributed by atoms with Crippen molar-refractivity contribution >= 4 is 11.8 Å². The first-order valence-electron chi connectivity index (χ1n) is 7.47. The highest BCUT2D eigenvalue weighted by Gasteiger charge is 2.38. The number of carbonyl (C=O) groups excluding carboxylic acids is 2. The van der Waals surface area contributed by atoms with Crippen molar-refractivity contribution in [2.24, 2.45) is 0 Å². The lowest BCUT2D eigenvalue weighted by Gasteiger charge is -2.37. The van der Waals surface area contributed by atoms with Crippen molar-refractivity contribution in [2.45, 2.75) is 31.5 Å². The molecular formula is C16H19F3N2O2. The highest BCUT2D eigenvalue weighted by Crippen LogP contribution is 2.23. The Labute approximate surface area is 132 Å². The largest absolute Gasteiger partial charge is 0.406 e. The highest BCUT2D eigenvalue weighted by molar-refractivity contribution is 5.97. The van der Waals surface area contributed by atoms with Crippen LogP contribution in [0.4, 0.5) is 13.2 Å². The van der Waals surface area contributed by atoms with Gasteiger partial charge in [0.15, 0.2) is 0 Å². The van der Waals surface area contributed by atoms with E-state index in [-0.39, 0.29) is 5.91 Å². The predicted octanol–water partition coefficient (Wildman–Crippen LogP) is 2.70. The maximum Gasteiger partial charge on any atom is 0.406 e. The molecule has 0 saturated carbocycles. The Bertz CT molecular complexity index is 560. The van der Waals surface area contributed by atoms with E-state index < -0.39 is 24.7 Å². The van der Waals surface area contributed by atoms with Crippen molar-refractivity contribution in [1.82, 2.24) is 9.80 Å². The smallest absolute Gasteiger partial charge is 0.335 e. The molecule has 0 aromatic heterocycles. The number of benzene rings is 1. The molecular weight excluding hydrogens is 309 g/mol. The van der Waals surface area contributed by atoms with Crippen LogP contribution in [0.3, 0.4) is 0 Å². The van der Waals surface area contributed by atoms with Crippen LogP contribution in [0.1, 0.15) is 29.6 Å². The van der Waals surface area contributed by atoms with E-state index in [1.807, 2.05) is 0 Å². The molecule has 2 rings (SSSR count). The number of likely N-dealkylation sites (N-methyl/N-ethyl adjacent to an activating group) is 1. The Morgan fingerprint density at radius 2 is 1.87 bits per heavy atom. The van der Waals surface area contributed by atoms with E-state index in [9.17, 15) is 22.8 Å². The molecule has 23 heavy (non-hydrogen) atoms. The normalized spacial score (nSPS) is 18.6. The minimum Gasteiger partial charge on any atom is -0.335 e. The van der Waals surface area contributed by atoms with Crippen molar-refractivity contribution < 1.29 is 22.8 Å². The van der Waals surface area contributed by atoms with Crippen LogP contribution in [0.25, 0.3) is 0 Å². The first kappa shape index (κ1) is 17.3. The van der Waals surface area contributed by atoms with Gasteiger partial charge in [0.2, 0.25) is 5.91 Å². The number of nitrogens with zero attached hydrogens (tertiary/aromatic N) is 2. The lowest BCUT2D eigenvalue weighted by molar-refractivity contribution is -0.161. The molecule has 0 N–H and O–H groups in total. The van der Waals surface area contributed by atoms with Crippen molar-refractivity contribution in [1.29, 1.82) is 0 Å². The van der Waals surface area contributed by atoms with E-state index in [0.29, 0.717) is 23.4 Å². The topological polar surface area (TPSA) is 40.6 Å². The van der Waals surface area contributed by atoms with Crippen LogP contribution in [0.15, 0.2) is 30.3 Å². The molecule has 1 fully saturated rings. The molecule has 1 aromatic carbocycles. The van der Waals surface area contributed by atoms with Crippen molar-refractivity contribution in [3.63, 3.8) is 0 Å². The van der Waals surface area contributed by atoms with Gasteiger partial charge in [-0.25, -0.2) is 0 Å². The zero-order chi connectivity index (χ0) is 17.0.